The SMILES string of the molecule is C=CCSCCNc1ccc([N+](=O)[O-])c(C#N)n1. The van der Waals surface area contributed by atoms with Gasteiger partial charge in [-0.15, -0.1) is 6.58 Å². The summed E-state index contributed by atoms with van der Waals surface area (Å²) in [7, 11) is 0. The molecule has 1 heterocycles. The van der Waals surface area contributed by atoms with Crippen molar-refractivity contribution in [2.45, 2.75) is 0 Å². The molecule has 0 aliphatic carbocycles. The summed E-state index contributed by atoms with van der Waals surface area (Å²) in [5.74, 6) is 2.21. The third kappa shape index (κ3) is 4.07. The number of aromatic nitrogens is 1. The summed E-state index contributed by atoms with van der Waals surface area (Å²) in [4.78, 5) is 13.9. The average molecular weight is 264 g/mol. The van der Waals surface area contributed by atoms with E-state index in [4.69, 9.17) is 5.26 Å². The summed E-state index contributed by atoms with van der Waals surface area (Å²) in [6.07, 6.45) is 1.82. The van der Waals surface area contributed by atoms with E-state index in [1.54, 1.807) is 17.8 Å². The van der Waals surface area contributed by atoms with Crippen LogP contribution in [0.1, 0.15) is 5.69 Å². The van der Waals surface area contributed by atoms with Gasteiger partial charge in [-0.1, -0.05) is 6.08 Å². The fourth-order valence-corrected chi connectivity index (χ4v) is 1.78. The average Bonchev–Trinajstić information content (AvgIpc) is 2.38. The van der Waals surface area contributed by atoms with Crippen LogP contribution in [0.5, 0.6) is 0 Å². The second-order valence-corrected chi connectivity index (χ2v) is 4.37. The highest BCUT2D eigenvalue weighted by atomic mass is 32.2. The molecule has 1 aromatic heterocycles. The Hall–Kier alpha value is -2.07. The molecule has 1 N–H and O–H groups in total. The van der Waals surface area contributed by atoms with Gasteiger partial charge in [-0.05, 0) is 6.07 Å². The normalized spacial score (nSPS) is 9.50. The van der Waals surface area contributed by atoms with Gasteiger partial charge in [-0.25, -0.2) is 4.98 Å². The minimum atomic E-state index is -0.616. The van der Waals surface area contributed by atoms with E-state index in [1.165, 1.54) is 12.1 Å². The number of nitrogens with one attached hydrogen (secondary N) is 1. The number of nitro groups is 1. The monoisotopic (exact) mass is 264 g/mol. The van der Waals surface area contributed by atoms with Gasteiger partial charge in [-0.3, -0.25) is 10.1 Å². The first-order valence-corrected chi connectivity index (χ1v) is 6.32. The first-order valence-electron chi connectivity index (χ1n) is 5.17. The molecule has 7 heteroatoms. The van der Waals surface area contributed by atoms with Crippen LogP contribution in [0.15, 0.2) is 24.8 Å². The number of hydrogen-bond donors (Lipinski definition) is 1. The molecule has 0 saturated heterocycles. The molecule has 1 rings (SSSR count). The standard InChI is InChI=1S/C11H12N4O2S/c1-2-6-18-7-5-13-11-4-3-10(15(16)17)9(8-12)14-11/h2-4H,1,5-7H2,(H,13,14). The van der Waals surface area contributed by atoms with Gasteiger partial charge in [0.2, 0.25) is 5.69 Å². The first-order chi connectivity index (χ1) is 8.69. The molecule has 1 aromatic rings. The lowest BCUT2D eigenvalue weighted by Gasteiger charge is -2.04. The second-order valence-electron chi connectivity index (χ2n) is 3.22. The Labute approximate surface area is 109 Å². The summed E-state index contributed by atoms with van der Waals surface area (Å²) < 4.78 is 0. The zero-order chi connectivity index (χ0) is 13.4. The zero-order valence-corrected chi connectivity index (χ0v) is 10.4. The number of hydrogen-bond acceptors (Lipinski definition) is 6. The van der Waals surface area contributed by atoms with E-state index in [2.05, 4.69) is 16.9 Å². The summed E-state index contributed by atoms with van der Waals surface area (Å²) in [6, 6.07) is 4.50. The number of pyridine rings is 1. The lowest BCUT2D eigenvalue weighted by atomic mass is 10.3. The number of nitriles is 1. The molecule has 0 aliphatic heterocycles. The second kappa shape index (κ2) is 7.29. The van der Waals surface area contributed by atoms with Crippen LogP contribution in [-0.2, 0) is 0 Å². The summed E-state index contributed by atoms with van der Waals surface area (Å²) in [5, 5.41) is 22.4. The maximum Gasteiger partial charge on any atom is 0.305 e. The smallest absolute Gasteiger partial charge is 0.305 e. The van der Waals surface area contributed by atoms with Gasteiger partial charge in [0, 0.05) is 24.1 Å². The van der Waals surface area contributed by atoms with Crippen molar-refractivity contribution in [3.8, 4) is 6.07 Å². The predicted molar refractivity (Wildman–Crippen MR) is 71.6 cm³/mol. The van der Waals surface area contributed by atoms with Crippen LogP contribution in [0.4, 0.5) is 11.5 Å². The molecule has 0 spiro atoms. The third-order valence-corrected chi connectivity index (χ3v) is 2.93. The Morgan fingerprint density at radius 3 is 3.06 bits per heavy atom. The highest BCUT2D eigenvalue weighted by Crippen LogP contribution is 2.17. The number of nitrogens with zero attached hydrogens (tertiary/aromatic N) is 3. The molecular weight excluding hydrogens is 252 g/mol. The molecule has 94 valence electrons. The Morgan fingerprint density at radius 1 is 1.67 bits per heavy atom. The Bertz CT molecular complexity index is 484. The van der Waals surface area contributed by atoms with E-state index in [9.17, 15) is 10.1 Å². The van der Waals surface area contributed by atoms with Crippen molar-refractivity contribution >= 4 is 23.3 Å². The van der Waals surface area contributed by atoms with Gasteiger partial charge in [0.05, 0.1) is 4.92 Å². The molecular formula is C11H12N4O2S. The van der Waals surface area contributed by atoms with Crippen LogP contribution in [0, 0.1) is 21.4 Å². The molecule has 0 atom stereocenters. The molecule has 6 nitrogen and oxygen atoms in total. The minimum Gasteiger partial charge on any atom is -0.369 e. The number of thioether (sulfide) groups is 1. The highest BCUT2D eigenvalue weighted by Gasteiger charge is 2.15. The Morgan fingerprint density at radius 2 is 2.44 bits per heavy atom. The molecule has 0 unspecified atom stereocenters. The van der Waals surface area contributed by atoms with Gasteiger partial charge in [0.1, 0.15) is 11.9 Å². The van der Waals surface area contributed by atoms with E-state index in [0.29, 0.717) is 12.4 Å². The van der Waals surface area contributed by atoms with Crippen molar-refractivity contribution in [1.29, 1.82) is 5.26 Å². The van der Waals surface area contributed by atoms with Gasteiger partial charge >= 0.3 is 5.69 Å². The van der Waals surface area contributed by atoms with E-state index >= 15 is 0 Å². The fraction of sp³-hybridized carbons (Fsp3) is 0.273. The Balaban J connectivity index is 2.60. The van der Waals surface area contributed by atoms with E-state index in [-0.39, 0.29) is 11.4 Å². The maximum atomic E-state index is 10.6. The molecule has 0 saturated carbocycles. The predicted octanol–water partition coefficient (Wildman–Crippen LogP) is 2.19. The van der Waals surface area contributed by atoms with Crippen molar-refractivity contribution in [2.75, 3.05) is 23.4 Å². The first kappa shape index (κ1) is 14.0. The molecule has 0 aliphatic rings. The van der Waals surface area contributed by atoms with Gasteiger partial charge in [-0.2, -0.15) is 17.0 Å². The van der Waals surface area contributed by atoms with Crippen LogP contribution >= 0.6 is 11.8 Å². The quantitative estimate of drug-likeness (QED) is 0.351. The van der Waals surface area contributed by atoms with E-state index in [1.807, 2.05) is 6.08 Å². The van der Waals surface area contributed by atoms with E-state index in [0.717, 1.165) is 11.5 Å². The topological polar surface area (TPSA) is 91.9 Å². The molecule has 0 bridgehead atoms. The lowest BCUT2D eigenvalue weighted by Crippen LogP contribution is -2.07. The highest BCUT2D eigenvalue weighted by molar-refractivity contribution is 7.99. The van der Waals surface area contributed by atoms with Gasteiger partial charge in [0.15, 0.2) is 0 Å². The summed E-state index contributed by atoms with van der Waals surface area (Å²) >= 11 is 1.71. The van der Waals surface area contributed by atoms with Gasteiger partial charge < -0.3 is 5.32 Å². The van der Waals surface area contributed by atoms with Crippen LogP contribution in [0.3, 0.4) is 0 Å². The number of rotatable bonds is 7. The molecule has 0 aromatic carbocycles. The van der Waals surface area contributed by atoms with Crippen molar-refractivity contribution < 1.29 is 4.92 Å². The van der Waals surface area contributed by atoms with Crippen LogP contribution in [0.2, 0.25) is 0 Å². The van der Waals surface area contributed by atoms with E-state index < -0.39 is 4.92 Å². The Kier molecular flexibility index (Phi) is 5.67. The number of anilines is 1. The third-order valence-electron chi connectivity index (χ3n) is 1.96. The summed E-state index contributed by atoms with van der Waals surface area (Å²) in [6.45, 7) is 4.29. The van der Waals surface area contributed by atoms with Crippen molar-refractivity contribution in [2.24, 2.45) is 0 Å². The molecule has 0 radical (unpaired) electrons. The largest absolute Gasteiger partial charge is 0.369 e. The van der Waals surface area contributed by atoms with Crippen molar-refractivity contribution in [1.82, 2.24) is 4.98 Å². The maximum absolute atomic E-state index is 10.6. The van der Waals surface area contributed by atoms with Crippen molar-refractivity contribution in [3.63, 3.8) is 0 Å². The van der Waals surface area contributed by atoms with Crippen LogP contribution in [0.25, 0.3) is 0 Å². The summed E-state index contributed by atoms with van der Waals surface area (Å²) in [5.41, 5.74) is -0.451. The molecule has 0 amide bonds. The lowest BCUT2D eigenvalue weighted by molar-refractivity contribution is -0.385. The minimum absolute atomic E-state index is 0.177. The fourth-order valence-electron chi connectivity index (χ4n) is 1.20. The van der Waals surface area contributed by atoms with Crippen molar-refractivity contribution in [3.05, 3.63) is 40.6 Å². The van der Waals surface area contributed by atoms with Gasteiger partial charge in [0.25, 0.3) is 0 Å². The molecule has 0 fully saturated rings. The van der Waals surface area contributed by atoms with Crippen LogP contribution < -0.4 is 5.32 Å². The molecule has 18 heavy (non-hydrogen) atoms. The van der Waals surface area contributed by atoms with Crippen LogP contribution in [-0.4, -0.2) is 28.0 Å². The zero-order valence-electron chi connectivity index (χ0n) is 9.63.